The first-order valence-corrected chi connectivity index (χ1v) is 8.93. The molecule has 1 aliphatic carbocycles. The molecule has 7 nitrogen and oxygen atoms in total. The predicted molar refractivity (Wildman–Crippen MR) is 98.8 cm³/mol. The van der Waals surface area contributed by atoms with E-state index < -0.39 is 5.97 Å². The number of aromatic nitrogens is 2. The lowest BCUT2D eigenvalue weighted by Crippen LogP contribution is -2.41. The van der Waals surface area contributed by atoms with Crippen molar-refractivity contribution in [3.05, 3.63) is 41.0 Å². The van der Waals surface area contributed by atoms with E-state index in [1.807, 2.05) is 19.1 Å². The largest absolute Gasteiger partial charge is 0.481 e. The zero-order valence-corrected chi connectivity index (χ0v) is 15.2. The second kappa shape index (κ2) is 7.78. The highest BCUT2D eigenvalue weighted by molar-refractivity contribution is 6.30. The van der Waals surface area contributed by atoms with Gasteiger partial charge in [0.1, 0.15) is 0 Å². The number of benzene rings is 1. The molecule has 1 aromatic heterocycles. The van der Waals surface area contributed by atoms with Crippen LogP contribution in [0.4, 0.5) is 10.6 Å². The molecule has 1 heterocycles. The molecular formula is C18H21ClN4O3. The first-order valence-electron chi connectivity index (χ1n) is 8.55. The summed E-state index contributed by atoms with van der Waals surface area (Å²) in [6.07, 6.45) is 2.51. The summed E-state index contributed by atoms with van der Waals surface area (Å²) in [5.74, 6) is -0.610. The van der Waals surface area contributed by atoms with Crippen molar-refractivity contribution < 1.29 is 14.7 Å². The fraction of sp³-hybridized carbons (Fsp3) is 0.389. The number of carbonyl (C=O) groups excluding carboxylic acids is 1. The monoisotopic (exact) mass is 376 g/mol. The molecule has 0 bridgehead atoms. The SMILES string of the molecule is Cc1cc(NC(=O)NC2CCC(C(=O)O)CC2)nn1-c1cccc(Cl)c1. The van der Waals surface area contributed by atoms with Gasteiger partial charge in [0.25, 0.3) is 0 Å². The minimum atomic E-state index is -0.755. The van der Waals surface area contributed by atoms with Crippen molar-refractivity contribution in [1.29, 1.82) is 0 Å². The summed E-state index contributed by atoms with van der Waals surface area (Å²) in [5.41, 5.74) is 1.68. The van der Waals surface area contributed by atoms with Crippen LogP contribution in [0.1, 0.15) is 31.4 Å². The van der Waals surface area contributed by atoms with Crippen LogP contribution in [-0.2, 0) is 4.79 Å². The summed E-state index contributed by atoms with van der Waals surface area (Å²) in [5, 5.41) is 19.7. The molecule has 1 saturated carbocycles. The number of aliphatic carboxylic acids is 1. The van der Waals surface area contributed by atoms with Crippen molar-refractivity contribution in [1.82, 2.24) is 15.1 Å². The number of carboxylic acid groups (broad SMARTS) is 1. The Morgan fingerprint density at radius 2 is 1.96 bits per heavy atom. The Balaban J connectivity index is 1.59. The van der Waals surface area contributed by atoms with E-state index in [4.69, 9.17) is 16.7 Å². The summed E-state index contributed by atoms with van der Waals surface area (Å²) in [6, 6.07) is 8.74. The van der Waals surface area contributed by atoms with Crippen LogP contribution in [0.5, 0.6) is 0 Å². The van der Waals surface area contributed by atoms with Crippen molar-refractivity contribution in [2.24, 2.45) is 5.92 Å². The van der Waals surface area contributed by atoms with Gasteiger partial charge in [-0.3, -0.25) is 10.1 Å². The molecular weight excluding hydrogens is 356 g/mol. The van der Waals surface area contributed by atoms with Gasteiger partial charge in [0.05, 0.1) is 11.6 Å². The Bertz CT molecular complexity index is 813. The summed E-state index contributed by atoms with van der Waals surface area (Å²) < 4.78 is 1.71. The lowest BCUT2D eigenvalue weighted by molar-refractivity contribution is -0.142. The van der Waals surface area contributed by atoms with Gasteiger partial charge >= 0.3 is 12.0 Å². The fourth-order valence-corrected chi connectivity index (χ4v) is 3.41. The average molecular weight is 377 g/mol. The lowest BCUT2D eigenvalue weighted by atomic mass is 9.86. The summed E-state index contributed by atoms with van der Waals surface area (Å²) >= 11 is 6.02. The van der Waals surface area contributed by atoms with Gasteiger partial charge in [-0.2, -0.15) is 0 Å². The van der Waals surface area contributed by atoms with Crippen LogP contribution in [0.25, 0.3) is 5.69 Å². The quantitative estimate of drug-likeness (QED) is 0.759. The molecule has 2 aromatic rings. The number of anilines is 1. The van der Waals surface area contributed by atoms with Crippen molar-refractivity contribution in [2.75, 3.05) is 5.32 Å². The van der Waals surface area contributed by atoms with Gasteiger partial charge in [-0.25, -0.2) is 9.48 Å². The van der Waals surface area contributed by atoms with Gasteiger partial charge < -0.3 is 10.4 Å². The molecule has 1 aromatic carbocycles. The summed E-state index contributed by atoms with van der Waals surface area (Å²) in [7, 11) is 0. The molecule has 0 aliphatic heterocycles. The van der Waals surface area contributed by atoms with Crippen molar-refractivity contribution in [3.8, 4) is 5.69 Å². The number of rotatable bonds is 4. The zero-order chi connectivity index (χ0) is 18.7. The maximum atomic E-state index is 12.2. The number of amides is 2. The molecule has 138 valence electrons. The third-order valence-electron chi connectivity index (χ3n) is 4.59. The van der Waals surface area contributed by atoms with Crippen LogP contribution in [-0.4, -0.2) is 32.9 Å². The number of halogens is 1. The Labute approximate surface area is 156 Å². The zero-order valence-electron chi connectivity index (χ0n) is 14.4. The van der Waals surface area contributed by atoms with E-state index in [9.17, 15) is 9.59 Å². The minimum Gasteiger partial charge on any atom is -0.481 e. The minimum absolute atomic E-state index is 0.0123. The standard InChI is InChI=1S/C18H21ClN4O3/c1-11-9-16(22-23(11)15-4-2-3-13(19)10-15)21-18(26)20-14-7-5-12(6-8-14)17(24)25/h2-4,9-10,12,14H,5-8H2,1H3,(H,24,25)(H2,20,21,22,26). The molecule has 1 aliphatic rings. The highest BCUT2D eigenvalue weighted by Crippen LogP contribution is 2.24. The number of nitrogens with one attached hydrogen (secondary N) is 2. The number of hydrogen-bond donors (Lipinski definition) is 3. The van der Waals surface area contributed by atoms with Crippen LogP contribution < -0.4 is 10.6 Å². The number of aryl methyl sites for hydroxylation is 1. The Hall–Kier alpha value is -2.54. The van der Waals surface area contributed by atoms with Crippen molar-refractivity contribution >= 4 is 29.4 Å². The lowest BCUT2D eigenvalue weighted by Gasteiger charge is -2.26. The van der Waals surface area contributed by atoms with E-state index in [1.165, 1.54) is 0 Å². The highest BCUT2D eigenvalue weighted by Gasteiger charge is 2.26. The number of carbonyl (C=O) groups is 2. The molecule has 26 heavy (non-hydrogen) atoms. The summed E-state index contributed by atoms with van der Waals surface area (Å²) in [4.78, 5) is 23.2. The van der Waals surface area contributed by atoms with E-state index in [1.54, 1.807) is 22.9 Å². The van der Waals surface area contributed by atoms with Crippen LogP contribution in [0, 0.1) is 12.8 Å². The van der Waals surface area contributed by atoms with E-state index in [2.05, 4.69) is 15.7 Å². The van der Waals surface area contributed by atoms with Crippen molar-refractivity contribution in [3.63, 3.8) is 0 Å². The molecule has 0 atom stereocenters. The topological polar surface area (TPSA) is 96.2 Å². The molecule has 0 radical (unpaired) electrons. The van der Waals surface area contributed by atoms with Gasteiger partial charge in [0, 0.05) is 22.8 Å². The molecule has 1 fully saturated rings. The Morgan fingerprint density at radius 1 is 1.23 bits per heavy atom. The predicted octanol–water partition coefficient (Wildman–Crippen LogP) is 3.60. The maximum absolute atomic E-state index is 12.2. The van der Waals surface area contributed by atoms with Crippen LogP contribution in [0.3, 0.4) is 0 Å². The smallest absolute Gasteiger partial charge is 0.320 e. The molecule has 3 rings (SSSR count). The average Bonchev–Trinajstić information content (AvgIpc) is 2.95. The van der Waals surface area contributed by atoms with E-state index in [0.717, 1.165) is 11.4 Å². The second-order valence-corrected chi connectivity index (χ2v) is 6.98. The van der Waals surface area contributed by atoms with E-state index >= 15 is 0 Å². The summed E-state index contributed by atoms with van der Waals surface area (Å²) in [6.45, 7) is 1.89. The third kappa shape index (κ3) is 4.35. The van der Waals surface area contributed by atoms with Gasteiger partial charge in [-0.05, 0) is 50.8 Å². The maximum Gasteiger partial charge on any atom is 0.320 e. The molecule has 0 unspecified atom stereocenters. The number of carboxylic acids is 1. The Kier molecular flexibility index (Phi) is 5.46. The Morgan fingerprint density at radius 3 is 2.62 bits per heavy atom. The van der Waals surface area contributed by atoms with Gasteiger partial charge in [0.15, 0.2) is 5.82 Å². The molecule has 0 spiro atoms. The highest BCUT2D eigenvalue weighted by atomic mass is 35.5. The molecule has 3 N–H and O–H groups in total. The van der Waals surface area contributed by atoms with Gasteiger partial charge in [-0.15, -0.1) is 5.10 Å². The second-order valence-electron chi connectivity index (χ2n) is 6.55. The van der Waals surface area contributed by atoms with Crippen LogP contribution in [0.2, 0.25) is 5.02 Å². The van der Waals surface area contributed by atoms with Crippen LogP contribution >= 0.6 is 11.6 Å². The van der Waals surface area contributed by atoms with Gasteiger partial charge in [0.2, 0.25) is 0 Å². The first kappa shape index (κ1) is 18.3. The first-order chi connectivity index (χ1) is 12.4. The van der Waals surface area contributed by atoms with Crippen LogP contribution in [0.15, 0.2) is 30.3 Å². The number of urea groups is 1. The van der Waals surface area contributed by atoms with Crippen molar-refractivity contribution in [2.45, 2.75) is 38.6 Å². The third-order valence-corrected chi connectivity index (χ3v) is 4.83. The van der Waals surface area contributed by atoms with E-state index in [-0.39, 0.29) is 18.0 Å². The number of hydrogen-bond acceptors (Lipinski definition) is 3. The van der Waals surface area contributed by atoms with Gasteiger partial charge in [-0.1, -0.05) is 17.7 Å². The van der Waals surface area contributed by atoms with E-state index in [0.29, 0.717) is 36.5 Å². The molecule has 0 saturated heterocycles. The normalized spacial score (nSPS) is 19.8. The molecule has 2 amide bonds. The fourth-order valence-electron chi connectivity index (χ4n) is 3.23. The molecule has 8 heteroatoms. The number of nitrogens with zero attached hydrogens (tertiary/aromatic N) is 2.